The van der Waals surface area contributed by atoms with Gasteiger partial charge in [0.15, 0.2) is 11.5 Å². The highest BCUT2D eigenvalue weighted by atomic mass is 16.3. The van der Waals surface area contributed by atoms with Crippen LogP contribution in [0, 0.1) is 12.8 Å². The number of benzene rings is 2. The maximum absolute atomic E-state index is 9.85. The average Bonchev–Trinajstić information content (AvgIpc) is 3.27. The third-order valence-corrected chi connectivity index (χ3v) is 4.56. The molecule has 2 aromatic heterocycles. The van der Waals surface area contributed by atoms with Gasteiger partial charge in [-0.05, 0) is 43.2 Å². The Hall–Kier alpha value is -3.12. The zero-order chi connectivity index (χ0) is 19.7. The molecular formula is C22H24N4O2. The van der Waals surface area contributed by atoms with Gasteiger partial charge in [0.1, 0.15) is 5.52 Å². The van der Waals surface area contributed by atoms with Gasteiger partial charge in [0.05, 0.1) is 30.0 Å². The van der Waals surface area contributed by atoms with Crippen LogP contribution < -0.4 is 5.32 Å². The van der Waals surface area contributed by atoms with E-state index < -0.39 is 0 Å². The van der Waals surface area contributed by atoms with Gasteiger partial charge in [0.2, 0.25) is 0 Å². The number of nitrogens with zero attached hydrogens (tertiary/aromatic N) is 3. The van der Waals surface area contributed by atoms with Crippen molar-refractivity contribution in [3.05, 3.63) is 66.1 Å². The number of hydrogen-bond donors (Lipinski definition) is 2. The highest BCUT2D eigenvalue weighted by Crippen LogP contribution is 2.29. The Labute approximate surface area is 163 Å². The van der Waals surface area contributed by atoms with Crippen molar-refractivity contribution < 1.29 is 9.52 Å². The fourth-order valence-corrected chi connectivity index (χ4v) is 3.28. The van der Waals surface area contributed by atoms with Gasteiger partial charge in [-0.2, -0.15) is 0 Å². The first-order chi connectivity index (χ1) is 13.5. The van der Waals surface area contributed by atoms with Crippen LogP contribution in [0.4, 0.5) is 11.4 Å². The molecule has 0 aliphatic rings. The number of imidazole rings is 1. The SMILES string of the molecule is Cc1cn(-c2ccc(Nc3cccc4oc(CC(C)C)nc34)cc2CO)cn1. The molecule has 2 heterocycles. The van der Waals surface area contributed by atoms with Crippen LogP contribution in [0.25, 0.3) is 16.8 Å². The number of hydrogen-bond acceptors (Lipinski definition) is 5. The zero-order valence-corrected chi connectivity index (χ0v) is 16.3. The smallest absolute Gasteiger partial charge is 0.195 e. The average molecular weight is 376 g/mol. The molecule has 0 unspecified atom stereocenters. The highest BCUT2D eigenvalue weighted by Gasteiger charge is 2.12. The van der Waals surface area contributed by atoms with Crippen molar-refractivity contribution in [3.63, 3.8) is 0 Å². The molecule has 6 heteroatoms. The molecule has 0 aliphatic carbocycles. The van der Waals surface area contributed by atoms with Crippen LogP contribution in [0.3, 0.4) is 0 Å². The minimum absolute atomic E-state index is 0.0607. The normalized spacial score (nSPS) is 11.5. The molecule has 144 valence electrons. The maximum Gasteiger partial charge on any atom is 0.195 e. The van der Waals surface area contributed by atoms with Crippen molar-refractivity contribution in [1.29, 1.82) is 0 Å². The van der Waals surface area contributed by atoms with E-state index in [1.807, 2.05) is 54.1 Å². The van der Waals surface area contributed by atoms with Crippen molar-refractivity contribution in [2.45, 2.75) is 33.8 Å². The summed E-state index contributed by atoms with van der Waals surface area (Å²) in [4.78, 5) is 8.93. The topological polar surface area (TPSA) is 76.1 Å². The molecule has 0 radical (unpaired) electrons. The fraction of sp³-hybridized carbons (Fsp3) is 0.273. The summed E-state index contributed by atoms with van der Waals surface area (Å²) in [5, 5.41) is 13.3. The van der Waals surface area contributed by atoms with Gasteiger partial charge < -0.3 is 19.4 Å². The van der Waals surface area contributed by atoms with Crippen molar-refractivity contribution in [3.8, 4) is 5.69 Å². The zero-order valence-electron chi connectivity index (χ0n) is 16.3. The molecule has 0 saturated carbocycles. The van der Waals surface area contributed by atoms with Gasteiger partial charge in [-0.15, -0.1) is 0 Å². The van der Waals surface area contributed by atoms with Crippen LogP contribution in [0.1, 0.15) is 31.0 Å². The summed E-state index contributed by atoms with van der Waals surface area (Å²) in [6, 6.07) is 11.8. The van der Waals surface area contributed by atoms with E-state index in [9.17, 15) is 5.11 Å². The Balaban J connectivity index is 1.66. The molecule has 0 fully saturated rings. The number of oxazole rings is 1. The van der Waals surface area contributed by atoms with Crippen LogP contribution in [0.5, 0.6) is 0 Å². The van der Waals surface area contributed by atoms with E-state index in [1.54, 1.807) is 6.33 Å². The quantitative estimate of drug-likeness (QED) is 0.507. The van der Waals surface area contributed by atoms with E-state index in [0.717, 1.165) is 51.7 Å². The first-order valence-corrected chi connectivity index (χ1v) is 9.43. The largest absolute Gasteiger partial charge is 0.441 e. The predicted octanol–water partition coefficient (Wildman–Crippen LogP) is 4.76. The fourth-order valence-electron chi connectivity index (χ4n) is 3.28. The summed E-state index contributed by atoms with van der Waals surface area (Å²) < 4.78 is 7.80. The van der Waals surface area contributed by atoms with Gasteiger partial charge in [0.25, 0.3) is 0 Å². The lowest BCUT2D eigenvalue weighted by atomic mass is 10.1. The number of nitrogens with one attached hydrogen (secondary N) is 1. The number of fused-ring (bicyclic) bond motifs is 1. The van der Waals surface area contributed by atoms with Gasteiger partial charge in [-0.25, -0.2) is 9.97 Å². The Morgan fingerprint density at radius 1 is 1.21 bits per heavy atom. The second-order valence-electron chi connectivity index (χ2n) is 7.41. The molecule has 6 nitrogen and oxygen atoms in total. The minimum Gasteiger partial charge on any atom is -0.441 e. The van der Waals surface area contributed by atoms with Crippen LogP contribution in [0.15, 0.2) is 53.3 Å². The standard InChI is InChI=1S/C22H24N4O2/c1-14(2)9-21-25-22-18(5-4-6-20(22)28-21)24-17-7-8-19(16(10-17)12-27)26-11-15(3)23-13-26/h4-8,10-11,13-14,24,27H,9,12H2,1-3H3. The molecular weight excluding hydrogens is 352 g/mol. The third-order valence-electron chi connectivity index (χ3n) is 4.56. The summed E-state index contributed by atoms with van der Waals surface area (Å²) in [5.74, 6) is 1.23. The van der Waals surface area contributed by atoms with Crippen LogP contribution >= 0.6 is 0 Å². The second-order valence-corrected chi connectivity index (χ2v) is 7.41. The Morgan fingerprint density at radius 3 is 2.79 bits per heavy atom. The van der Waals surface area contributed by atoms with E-state index >= 15 is 0 Å². The van der Waals surface area contributed by atoms with Gasteiger partial charge >= 0.3 is 0 Å². The molecule has 0 saturated heterocycles. The van der Waals surface area contributed by atoms with Crippen LogP contribution in [0.2, 0.25) is 0 Å². The number of para-hydroxylation sites is 1. The van der Waals surface area contributed by atoms with Crippen LogP contribution in [-0.4, -0.2) is 19.6 Å². The van der Waals surface area contributed by atoms with Crippen molar-refractivity contribution >= 4 is 22.5 Å². The number of aliphatic hydroxyl groups excluding tert-OH is 1. The molecule has 2 aromatic carbocycles. The van der Waals surface area contributed by atoms with E-state index in [4.69, 9.17) is 4.42 Å². The van der Waals surface area contributed by atoms with E-state index in [1.165, 1.54) is 0 Å². The molecule has 4 aromatic rings. The molecule has 28 heavy (non-hydrogen) atoms. The lowest BCUT2D eigenvalue weighted by molar-refractivity contribution is 0.281. The molecule has 0 aliphatic heterocycles. The molecule has 0 atom stereocenters. The maximum atomic E-state index is 9.85. The van der Waals surface area contributed by atoms with E-state index in [-0.39, 0.29) is 6.61 Å². The van der Waals surface area contributed by atoms with Gasteiger partial charge in [0, 0.05) is 23.9 Å². The molecule has 0 spiro atoms. The first-order valence-electron chi connectivity index (χ1n) is 9.43. The summed E-state index contributed by atoms with van der Waals surface area (Å²) in [6.07, 6.45) is 4.50. The second kappa shape index (κ2) is 7.48. The minimum atomic E-state index is -0.0607. The molecule has 0 bridgehead atoms. The van der Waals surface area contributed by atoms with Crippen molar-refractivity contribution in [2.75, 3.05) is 5.32 Å². The molecule has 4 rings (SSSR count). The lowest BCUT2D eigenvalue weighted by Gasteiger charge is -2.12. The lowest BCUT2D eigenvalue weighted by Crippen LogP contribution is -2.00. The highest BCUT2D eigenvalue weighted by molar-refractivity contribution is 5.89. The number of aryl methyl sites for hydroxylation is 1. The first kappa shape index (κ1) is 18.3. The molecule has 0 amide bonds. The number of aromatic nitrogens is 3. The Kier molecular flexibility index (Phi) is 4.88. The predicted molar refractivity (Wildman–Crippen MR) is 110 cm³/mol. The van der Waals surface area contributed by atoms with Gasteiger partial charge in [-0.3, -0.25) is 0 Å². The summed E-state index contributed by atoms with van der Waals surface area (Å²) >= 11 is 0. The third kappa shape index (κ3) is 3.64. The van der Waals surface area contributed by atoms with Crippen molar-refractivity contribution in [1.82, 2.24) is 14.5 Å². The van der Waals surface area contributed by atoms with Crippen molar-refractivity contribution in [2.24, 2.45) is 5.92 Å². The summed E-state index contributed by atoms with van der Waals surface area (Å²) in [6.45, 7) is 6.17. The van der Waals surface area contributed by atoms with Gasteiger partial charge in [-0.1, -0.05) is 19.9 Å². The Bertz CT molecular complexity index is 1110. The monoisotopic (exact) mass is 376 g/mol. The van der Waals surface area contributed by atoms with E-state index in [0.29, 0.717) is 5.92 Å². The number of anilines is 2. The Morgan fingerprint density at radius 2 is 2.07 bits per heavy atom. The van der Waals surface area contributed by atoms with Crippen LogP contribution in [-0.2, 0) is 13.0 Å². The summed E-state index contributed by atoms with van der Waals surface area (Å²) in [5.41, 5.74) is 6.01. The van der Waals surface area contributed by atoms with E-state index in [2.05, 4.69) is 29.1 Å². The number of aliphatic hydroxyl groups is 1. The summed E-state index contributed by atoms with van der Waals surface area (Å²) in [7, 11) is 0. The molecule has 2 N–H and O–H groups in total. The number of rotatable bonds is 6.